The Morgan fingerprint density at radius 3 is 2.76 bits per heavy atom. The fourth-order valence-electron chi connectivity index (χ4n) is 5.47. The Morgan fingerprint density at radius 1 is 1.21 bits per heavy atom. The van der Waals surface area contributed by atoms with Gasteiger partial charge in [-0.15, -0.1) is 0 Å². The van der Waals surface area contributed by atoms with Gasteiger partial charge in [0.2, 0.25) is 0 Å². The van der Waals surface area contributed by atoms with Crippen LogP contribution in [0.15, 0.2) is 59.7 Å². The highest BCUT2D eigenvalue weighted by atomic mass is 16.5. The van der Waals surface area contributed by atoms with Gasteiger partial charge < -0.3 is 14.4 Å². The molecule has 1 saturated carbocycles. The number of rotatable bonds is 3. The number of carboxylic acids is 1. The molecule has 0 saturated heterocycles. The molecule has 4 heteroatoms. The summed E-state index contributed by atoms with van der Waals surface area (Å²) in [6.45, 7) is 0.371. The lowest BCUT2D eigenvalue weighted by Gasteiger charge is -2.41. The topological polar surface area (TPSA) is 51.5 Å². The van der Waals surface area contributed by atoms with E-state index in [2.05, 4.69) is 34.9 Å². The van der Waals surface area contributed by atoms with Gasteiger partial charge in [0.1, 0.15) is 0 Å². The number of ether oxygens (including phenoxy) is 1. The molecule has 1 atom stereocenters. The number of para-hydroxylation sites is 1. The lowest BCUT2D eigenvalue weighted by molar-refractivity contribution is -0.132. The van der Waals surface area contributed by atoms with Crippen LogP contribution in [0.1, 0.15) is 44.2 Å². The molecule has 5 rings (SSSR count). The SMILES string of the molecule is COC1(C2CCCCC2)C=C2C=C(C(=O)O)Cn3c(cc4ccccc43)C2=CC1. The molecule has 1 aliphatic heterocycles. The van der Waals surface area contributed by atoms with Crippen molar-refractivity contribution in [1.82, 2.24) is 4.57 Å². The van der Waals surface area contributed by atoms with Crippen molar-refractivity contribution in [2.45, 2.75) is 50.7 Å². The zero-order valence-corrected chi connectivity index (χ0v) is 16.9. The maximum Gasteiger partial charge on any atom is 0.333 e. The van der Waals surface area contributed by atoms with E-state index in [1.807, 2.05) is 18.2 Å². The van der Waals surface area contributed by atoms with Gasteiger partial charge in [0.25, 0.3) is 0 Å². The first-order valence-electron chi connectivity index (χ1n) is 10.6. The summed E-state index contributed by atoms with van der Waals surface area (Å²) in [5, 5.41) is 11.0. The van der Waals surface area contributed by atoms with E-state index in [9.17, 15) is 9.90 Å². The highest BCUT2D eigenvalue weighted by molar-refractivity contribution is 5.96. The van der Waals surface area contributed by atoms with Crippen LogP contribution >= 0.6 is 0 Å². The van der Waals surface area contributed by atoms with Gasteiger partial charge in [-0.3, -0.25) is 0 Å². The quantitative estimate of drug-likeness (QED) is 0.770. The number of methoxy groups -OCH3 is 1. The molecular formula is C25H27NO3. The number of fused-ring (bicyclic) bond motifs is 5. The number of nitrogens with zero attached hydrogens (tertiary/aromatic N) is 1. The Morgan fingerprint density at radius 2 is 2.00 bits per heavy atom. The average molecular weight is 389 g/mol. The van der Waals surface area contributed by atoms with E-state index in [1.165, 1.54) is 32.1 Å². The molecule has 29 heavy (non-hydrogen) atoms. The van der Waals surface area contributed by atoms with Crippen molar-refractivity contribution in [3.8, 4) is 0 Å². The standard InChI is InChI=1S/C25H27NO3/c1-29-25(20-8-3-2-4-9-20)12-11-21-18(15-25)13-19(24(27)28)16-26-22-10-6-5-7-17(22)14-23(21)26/h5-7,10-11,13-15,20H,2-4,8-9,12,16H2,1H3,(H,27,28). The van der Waals surface area contributed by atoms with Crippen molar-refractivity contribution in [2.24, 2.45) is 5.92 Å². The highest BCUT2D eigenvalue weighted by Crippen LogP contribution is 2.45. The molecule has 150 valence electrons. The number of hydrogen-bond donors (Lipinski definition) is 1. The van der Waals surface area contributed by atoms with Gasteiger partial charge in [-0.25, -0.2) is 4.79 Å². The molecule has 0 amide bonds. The predicted molar refractivity (Wildman–Crippen MR) is 115 cm³/mol. The molecule has 1 aromatic heterocycles. The molecule has 2 heterocycles. The molecule has 1 aromatic carbocycles. The zero-order valence-electron chi connectivity index (χ0n) is 16.9. The van der Waals surface area contributed by atoms with Gasteiger partial charge in [-0.1, -0.05) is 43.5 Å². The van der Waals surface area contributed by atoms with Crippen LogP contribution in [0.3, 0.4) is 0 Å². The molecule has 2 aromatic rings. The van der Waals surface area contributed by atoms with Crippen LogP contribution in [0.25, 0.3) is 16.5 Å². The highest BCUT2D eigenvalue weighted by Gasteiger charge is 2.40. The summed E-state index contributed by atoms with van der Waals surface area (Å²) in [6, 6.07) is 10.4. The molecule has 1 N–H and O–H groups in total. The maximum absolute atomic E-state index is 12.0. The second-order valence-electron chi connectivity index (χ2n) is 8.56. The summed E-state index contributed by atoms with van der Waals surface area (Å²) in [6.07, 6.45) is 13.4. The largest absolute Gasteiger partial charge is 0.478 e. The minimum Gasteiger partial charge on any atom is -0.478 e. The summed E-state index contributed by atoms with van der Waals surface area (Å²) in [5.74, 6) is -0.371. The summed E-state index contributed by atoms with van der Waals surface area (Å²) < 4.78 is 8.29. The minimum atomic E-state index is -0.859. The molecule has 2 aliphatic carbocycles. The van der Waals surface area contributed by atoms with Crippen molar-refractivity contribution in [3.63, 3.8) is 0 Å². The summed E-state index contributed by atoms with van der Waals surface area (Å²) in [4.78, 5) is 12.0. The van der Waals surface area contributed by atoms with Crippen LogP contribution < -0.4 is 0 Å². The molecular weight excluding hydrogens is 362 g/mol. The van der Waals surface area contributed by atoms with E-state index in [-0.39, 0.29) is 5.60 Å². The fraction of sp³-hybridized carbons (Fsp3) is 0.400. The van der Waals surface area contributed by atoms with E-state index >= 15 is 0 Å². The number of carboxylic acid groups (broad SMARTS) is 1. The monoisotopic (exact) mass is 389 g/mol. The lowest BCUT2D eigenvalue weighted by Crippen LogP contribution is -2.40. The third kappa shape index (κ3) is 2.98. The van der Waals surface area contributed by atoms with Crippen LogP contribution in [-0.4, -0.2) is 28.4 Å². The molecule has 4 nitrogen and oxygen atoms in total. The Balaban J connectivity index is 1.67. The second kappa shape index (κ2) is 7.03. The number of benzene rings is 1. The number of allylic oxidation sites excluding steroid dienone is 3. The minimum absolute atomic E-state index is 0.333. The van der Waals surface area contributed by atoms with E-state index in [0.717, 1.165) is 34.2 Å². The first-order chi connectivity index (χ1) is 14.1. The van der Waals surface area contributed by atoms with Crippen LogP contribution in [0.4, 0.5) is 0 Å². The normalized spacial score (nSPS) is 24.8. The van der Waals surface area contributed by atoms with Gasteiger partial charge in [-0.2, -0.15) is 0 Å². The third-order valence-corrected chi connectivity index (χ3v) is 7.03. The van der Waals surface area contributed by atoms with Crippen molar-refractivity contribution in [3.05, 3.63) is 65.4 Å². The van der Waals surface area contributed by atoms with Gasteiger partial charge in [-0.05, 0) is 55.0 Å². The molecule has 0 radical (unpaired) electrons. The smallest absolute Gasteiger partial charge is 0.333 e. The summed E-state index contributed by atoms with van der Waals surface area (Å²) in [7, 11) is 1.81. The third-order valence-electron chi connectivity index (χ3n) is 7.03. The predicted octanol–water partition coefficient (Wildman–Crippen LogP) is 5.34. The lowest BCUT2D eigenvalue weighted by atomic mass is 9.71. The summed E-state index contributed by atoms with van der Waals surface area (Å²) >= 11 is 0. The number of aromatic nitrogens is 1. The van der Waals surface area contributed by atoms with Gasteiger partial charge in [0, 0.05) is 29.3 Å². The van der Waals surface area contributed by atoms with Gasteiger partial charge >= 0.3 is 5.97 Å². The summed E-state index contributed by atoms with van der Waals surface area (Å²) in [5.41, 5.74) is 4.37. The maximum atomic E-state index is 12.0. The molecule has 3 aliphatic rings. The number of aliphatic carboxylic acids is 1. The fourth-order valence-corrected chi connectivity index (χ4v) is 5.47. The van der Waals surface area contributed by atoms with Crippen LogP contribution in [-0.2, 0) is 16.1 Å². The first kappa shape index (κ1) is 18.4. The second-order valence-corrected chi connectivity index (χ2v) is 8.56. The molecule has 0 bridgehead atoms. The number of carbonyl (C=O) groups is 1. The molecule has 0 spiro atoms. The van der Waals surface area contributed by atoms with Crippen molar-refractivity contribution >= 4 is 22.4 Å². The average Bonchev–Trinajstić information content (AvgIpc) is 3.03. The van der Waals surface area contributed by atoms with Crippen LogP contribution in [0.2, 0.25) is 0 Å². The van der Waals surface area contributed by atoms with Crippen LogP contribution in [0.5, 0.6) is 0 Å². The van der Waals surface area contributed by atoms with Crippen molar-refractivity contribution in [2.75, 3.05) is 7.11 Å². The van der Waals surface area contributed by atoms with Gasteiger partial charge in [0.15, 0.2) is 0 Å². The van der Waals surface area contributed by atoms with E-state index in [0.29, 0.717) is 18.0 Å². The Kier molecular flexibility index (Phi) is 4.47. The Labute approximate surface area is 171 Å². The first-order valence-corrected chi connectivity index (χ1v) is 10.6. The van der Waals surface area contributed by atoms with E-state index in [4.69, 9.17) is 4.74 Å². The van der Waals surface area contributed by atoms with E-state index in [1.54, 1.807) is 7.11 Å². The Bertz CT molecular complexity index is 1060. The molecule has 1 fully saturated rings. The molecule has 1 unspecified atom stereocenters. The van der Waals surface area contributed by atoms with Gasteiger partial charge in [0.05, 0.1) is 17.7 Å². The zero-order chi connectivity index (χ0) is 20.0. The number of hydrogen-bond acceptors (Lipinski definition) is 2. The Hall–Kier alpha value is -2.59. The van der Waals surface area contributed by atoms with E-state index < -0.39 is 5.97 Å². The van der Waals surface area contributed by atoms with Crippen LogP contribution in [0, 0.1) is 5.92 Å². The van der Waals surface area contributed by atoms with Crippen molar-refractivity contribution in [1.29, 1.82) is 0 Å². The van der Waals surface area contributed by atoms with Crippen molar-refractivity contribution < 1.29 is 14.6 Å².